The molecule has 77 heavy (non-hydrogen) atoms. The van der Waals surface area contributed by atoms with Gasteiger partial charge in [-0.05, 0) is 31.6 Å². The first-order valence-electron chi connectivity index (χ1n) is 30.7. The van der Waals surface area contributed by atoms with Crippen LogP contribution in [0.1, 0.15) is 285 Å². The van der Waals surface area contributed by atoms with Gasteiger partial charge in [-0.1, -0.05) is 234 Å². The van der Waals surface area contributed by atoms with Crippen LogP contribution in [0.2, 0.25) is 0 Å². The summed E-state index contributed by atoms with van der Waals surface area (Å²) in [6, 6.07) is 0. The van der Waals surface area contributed by atoms with E-state index in [-0.39, 0.29) is 25.7 Å². The Kier molecular flexibility index (Phi) is 50.8. The Morgan fingerprint density at radius 2 is 0.623 bits per heavy atom. The molecule has 0 spiro atoms. The predicted molar refractivity (Wildman–Crippen MR) is 303 cm³/mol. The summed E-state index contributed by atoms with van der Waals surface area (Å²) in [5.41, 5.74) is 0. The van der Waals surface area contributed by atoms with Gasteiger partial charge in [0.2, 0.25) is 0 Å². The van der Waals surface area contributed by atoms with Gasteiger partial charge in [0.15, 0.2) is 12.2 Å². The minimum atomic E-state index is -4.93. The Labute approximate surface area is 467 Å². The molecule has 456 valence electrons. The molecular formula is C58H112O17P2. The number of carbonyl (C=O) groups excluding carboxylic acids is 4. The number of aliphatic hydroxyl groups excluding tert-OH is 1. The SMILES string of the molecule is CCCCCCCCCCCC(=O)OC[C@H](COP(=O)(O)OC[C@@H](O)COP(=O)(O)OC[C@@H](COC(=O)CCCCCCC)OC(=O)CCCCCCCCCCC)OC(=O)CCCCCCCCCCCCC(C)CC. The summed E-state index contributed by atoms with van der Waals surface area (Å²) in [6.45, 7) is 7.05. The van der Waals surface area contributed by atoms with Crippen molar-refractivity contribution in [2.45, 2.75) is 303 Å². The number of aliphatic hydroxyl groups is 1. The maximum Gasteiger partial charge on any atom is 0.472 e. The molecule has 6 atom stereocenters. The van der Waals surface area contributed by atoms with Crippen LogP contribution in [-0.2, 0) is 65.4 Å². The third kappa shape index (κ3) is 51.9. The van der Waals surface area contributed by atoms with Crippen LogP contribution in [0, 0.1) is 5.92 Å². The van der Waals surface area contributed by atoms with Gasteiger partial charge in [0, 0.05) is 25.7 Å². The lowest BCUT2D eigenvalue weighted by Crippen LogP contribution is -2.30. The third-order valence-electron chi connectivity index (χ3n) is 13.6. The van der Waals surface area contributed by atoms with Gasteiger partial charge in [0.1, 0.15) is 19.3 Å². The number of esters is 4. The van der Waals surface area contributed by atoms with Crippen molar-refractivity contribution < 1.29 is 80.2 Å². The summed E-state index contributed by atoms with van der Waals surface area (Å²) in [4.78, 5) is 71.6. The molecule has 0 fully saturated rings. The minimum Gasteiger partial charge on any atom is -0.462 e. The largest absolute Gasteiger partial charge is 0.472 e. The van der Waals surface area contributed by atoms with Crippen molar-refractivity contribution in [2.24, 2.45) is 5.92 Å². The topological polar surface area (TPSA) is 237 Å². The lowest BCUT2D eigenvalue weighted by atomic mass is 9.99. The first kappa shape index (κ1) is 75.1. The molecule has 0 aromatic rings. The van der Waals surface area contributed by atoms with Crippen LogP contribution in [0.5, 0.6) is 0 Å². The van der Waals surface area contributed by atoms with E-state index in [1.54, 1.807) is 0 Å². The zero-order valence-corrected chi connectivity index (χ0v) is 50.9. The van der Waals surface area contributed by atoms with Crippen molar-refractivity contribution in [2.75, 3.05) is 39.6 Å². The fourth-order valence-corrected chi connectivity index (χ4v) is 10.1. The second-order valence-electron chi connectivity index (χ2n) is 21.3. The Hall–Kier alpha value is -1.94. The molecule has 3 unspecified atom stereocenters. The van der Waals surface area contributed by atoms with Crippen LogP contribution >= 0.6 is 15.6 Å². The van der Waals surface area contributed by atoms with Crippen LogP contribution in [0.4, 0.5) is 0 Å². The summed E-state index contributed by atoms with van der Waals surface area (Å²) in [6.07, 6.45) is 33.7. The van der Waals surface area contributed by atoms with Crippen molar-refractivity contribution in [3.63, 3.8) is 0 Å². The van der Waals surface area contributed by atoms with E-state index in [0.717, 1.165) is 102 Å². The van der Waals surface area contributed by atoms with Crippen LogP contribution in [0.25, 0.3) is 0 Å². The van der Waals surface area contributed by atoms with E-state index in [0.29, 0.717) is 25.7 Å². The van der Waals surface area contributed by atoms with E-state index in [1.165, 1.54) is 103 Å². The Morgan fingerprint density at radius 3 is 0.922 bits per heavy atom. The van der Waals surface area contributed by atoms with Gasteiger partial charge in [-0.15, -0.1) is 0 Å². The molecule has 19 heteroatoms. The van der Waals surface area contributed by atoms with Crippen molar-refractivity contribution in [3.8, 4) is 0 Å². The minimum absolute atomic E-state index is 0.105. The van der Waals surface area contributed by atoms with E-state index in [4.69, 9.17) is 37.0 Å². The highest BCUT2D eigenvalue weighted by atomic mass is 31.2. The van der Waals surface area contributed by atoms with Crippen LogP contribution in [0.15, 0.2) is 0 Å². The number of phosphoric acid groups is 2. The summed E-state index contributed by atoms with van der Waals surface area (Å²) in [7, 11) is -9.86. The Balaban J connectivity index is 5.17. The van der Waals surface area contributed by atoms with Crippen molar-refractivity contribution >= 4 is 39.5 Å². The molecule has 0 aliphatic rings. The second kappa shape index (κ2) is 52.2. The zero-order chi connectivity index (χ0) is 57.1. The normalized spacial score (nSPS) is 14.8. The monoisotopic (exact) mass is 1140 g/mol. The average Bonchev–Trinajstić information content (AvgIpc) is 3.40. The Morgan fingerprint density at radius 1 is 0.364 bits per heavy atom. The van der Waals surface area contributed by atoms with Gasteiger partial charge >= 0.3 is 39.5 Å². The molecule has 0 rings (SSSR count). The molecule has 0 saturated carbocycles. The predicted octanol–water partition coefficient (Wildman–Crippen LogP) is 15.5. The van der Waals surface area contributed by atoms with Gasteiger partial charge in [0.05, 0.1) is 26.4 Å². The van der Waals surface area contributed by atoms with E-state index >= 15 is 0 Å². The van der Waals surface area contributed by atoms with Gasteiger partial charge < -0.3 is 33.8 Å². The first-order valence-corrected chi connectivity index (χ1v) is 33.7. The van der Waals surface area contributed by atoms with Gasteiger partial charge in [0.25, 0.3) is 0 Å². The molecule has 17 nitrogen and oxygen atoms in total. The van der Waals surface area contributed by atoms with Crippen LogP contribution in [-0.4, -0.2) is 96.7 Å². The lowest BCUT2D eigenvalue weighted by molar-refractivity contribution is -0.161. The van der Waals surface area contributed by atoms with Crippen LogP contribution in [0.3, 0.4) is 0 Å². The number of phosphoric ester groups is 2. The molecule has 0 aromatic heterocycles. The van der Waals surface area contributed by atoms with Crippen molar-refractivity contribution in [1.29, 1.82) is 0 Å². The molecule has 0 bridgehead atoms. The standard InChI is InChI=1S/C58H112O17P2/c1-6-10-13-16-18-22-27-32-37-42-56(61)69-48-54(75-58(63)44-39-34-29-25-21-20-24-26-31-35-40-51(5)9-4)50-73-77(66,67)71-46-52(59)45-70-76(64,65)72-49-53(47-68-55(60)41-36-30-15-12-8-3)74-57(62)43-38-33-28-23-19-17-14-11-7-2/h51-54,59H,6-50H2,1-5H3,(H,64,65)(H,66,67)/t51?,52-,53+,54+/m0/s1. The molecule has 0 amide bonds. The molecule has 0 aromatic carbocycles. The quantitative estimate of drug-likeness (QED) is 0.0222. The highest BCUT2D eigenvalue weighted by molar-refractivity contribution is 7.47. The summed E-state index contributed by atoms with van der Waals surface area (Å²) < 4.78 is 67.5. The molecule has 0 aliphatic heterocycles. The summed E-state index contributed by atoms with van der Waals surface area (Å²) in [5, 5.41) is 10.5. The number of hydrogen-bond donors (Lipinski definition) is 3. The molecule has 3 N–H and O–H groups in total. The molecule has 0 radical (unpaired) electrons. The summed E-state index contributed by atoms with van der Waals surface area (Å²) >= 11 is 0. The first-order chi connectivity index (χ1) is 37.1. The lowest BCUT2D eigenvalue weighted by Gasteiger charge is -2.21. The van der Waals surface area contributed by atoms with Gasteiger partial charge in [-0.3, -0.25) is 37.3 Å². The summed E-state index contributed by atoms with van der Waals surface area (Å²) in [5.74, 6) is -1.35. The van der Waals surface area contributed by atoms with Crippen molar-refractivity contribution in [1.82, 2.24) is 0 Å². The molecule has 0 aliphatic carbocycles. The Bertz CT molecular complexity index is 1520. The highest BCUT2D eigenvalue weighted by Crippen LogP contribution is 2.45. The number of hydrogen-bond acceptors (Lipinski definition) is 15. The van der Waals surface area contributed by atoms with E-state index < -0.39 is 97.5 Å². The third-order valence-corrected chi connectivity index (χ3v) is 15.5. The van der Waals surface area contributed by atoms with E-state index in [9.17, 15) is 43.2 Å². The maximum absolute atomic E-state index is 12.9. The fourth-order valence-electron chi connectivity index (χ4n) is 8.49. The smallest absolute Gasteiger partial charge is 0.462 e. The molecule has 0 heterocycles. The number of carbonyl (C=O) groups is 4. The zero-order valence-electron chi connectivity index (χ0n) is 49.1. The number of ether oxygens (including phenoxy) is 4. The van der Waals surface area contributed by atoms with Gasteiger partial charge in [-0.2, -0.15) is 0 Å². The number of rotatable bonds is 58. The maximum atomic E-state index is 12.9. The number of unbranched alkanes of at least 4 members (excludes halogenated alkanes) is 29. The van der Waals surface area contributed by atoms with Crippen LogP contribution < -0.4 is 0 Å². The molecule has 0 saturated heterocycles. The highest BCUT2D eigenvalue weighted by Gasteiger charge is 2.30. The van der Waals surface area contributed by atoms with Crippen molar-refractivity contribution in [3.05, 3.63) is 0 Å². The van der Waals surface area contributed by atoms with Gasteiger partial charge in [-0.25, -0.2) is 9.13 Å². The van der Waals surface area contributed by atoms with E-state index in [1.807, 2.05) is 0 Å². The molecular weight excluding hydrogens is 1030 g/mol. The van der Waals surface area contributed by atoms with E-state index in [2.05, 4.69) is 34.6 Å². The second-order valence-corrected chi connectivity index (χ2v) is 24.2. The average molecular weight is 1140 g/mol. The fraction of sp³-hybridized carbons (Fsp3) is 0.931.